The minimum absolute atomic E-state index is 0.195. The van der Waals surface area contributed by atoms with Gasteiger partial charge in [-0.2, -0.15) is 0 Å². The molecular weight excluding hydrogens is 414 g/mol. The molecule has 0 bridgehead atoms. The molecule has 1 unspecified atom stereocenters. The molecule has 2 N–H and O–H groups in total. The van der Waals surface area contributed by atoms with Gasteiger partial charge >= 0.3 is 6.03 Å². The lowest BCUT2D eigenvalue weighted by atomic mass is 10.1. The van der Waals surface area contributed by atoms with Crippen LogP contribution in [0.4, 0.5) is 9.93 Å². The van der Waals surface area contributed by atoms with Crippen LogP contribution < -0.4 is 10.6 Å². The Labute approximate surface area is 183 Å². The van der Waals surface area contributed by atoms with E-state index in [2.05, 4.69) is 20.8 Å². The molecule has 0 saturated carbocycles. The molecule has 0 fully saturated rings. The summed E-state index contributed by atoms with van der Waals surface area (Å²) in [4.78, 5) is 39.8. The van der Waals surface area contributed by atoms with E-state index in [1.54, 1.807) is 24.3 Å². The summed E-state index contributed by atoms with van der Waals surface area (Å²) in [6.45, 7) is 3.98. The topological polar surface area (TPSA) is 104 Å². The highest BCUT2D eigenvalue weighted by molar-refractivity contribution is 7.15. The fourth-order valence-electron chi connectivity index (χ4n) is 3.34. The smallest absolute Gasteiger partial charge is 0.317 e. The molecule has 1 aliphatic rings. The molecule has 0 radical (unpaired) electrons. The van der Waals surface area contributed by atoms with Crippen molar-refractivity contribution in [3.8, 4) is 0 Å². The summed E-state index contributed by atoms with van der Waals surface area (Å²) in [7, 11) is 0. The average molecular weight is 436 g/mol. The molecule has 0 saturated heterocycles. The summed E-state index contributed by atoms with van der Waals surface area (Å²) in [5.41, 5.74) is 1.54. The monoisotopic (exact) mass is 435 g/mol. The Hall–Kier alpha value is -3.59. The number of amides is 4. The standard InChI is InChI=1S/C22H21N5O3S/c1-13(2)18-25-26-22(31-18)24-21(30)23-17(12-14-8-4-3-5-9-14)27-19(28)15-10-6-7-11-16(15)20(27)29/h3-11,13,17H,12H2,1-2H3,(H2,23,24,26,30). The summed E-state index contributed by atoms with van der Waals surface area (Å²) < 4.78 is 0. The third-order valence-corrected chi connectivity index (χ3v) is 6.00. The van der Waals surface area contributed by atoms with Gasteiger partial charge in [0.25, 0.3) is 11.8 Å². The first-order valence-electron chi connectivity index (χ1n) is 9.86. The Morgan fingerprint density at radius 3 is 2.16 bits per heavy atom. The summed E-state index contributed by atoms with van der Waals surface area (Å²) in [5.74, 6) is -0.667. The van der Waals surface area contributed by atoms with Crippen LogP contribution in [0, 0.1) is 0 Å². The van der Waals surface area contributed by atoms with Gasteiger partial charge in [-0.1, -0.05) is 67.6 Å². The van der Waals surface area contributed by atoms with E-state index in [1.165, 1.54) is 11.3 Å². The summed E-state index contributed by atoms with van der Waals surface area (Å²) >= 11 is 1.28. The maximum Gasteiger partial charge on any atom is 0.322 e. The predicted molar refractivity (Wildman–Crippen MR) is 117 cm³/mol. The molecule has 9 heteroatoms. The SMILES string of the molecule is CC(C)c1nnc(NC(=O)NC(Cc2ccccc2)N2C(=O)c3ccccc3C2=O)s1. The van der Waals surface area contributed by atoms with Crippen molar-refractivity contribution in [3.05, 3.63) is 76.3 Å². The third-order valence-electron chi connectivity index (χ3n) is 4.86. The summed E-state index contributed by atoms with van der Waals surface area (Å²) in [6.07, 6.45) is -0.597. The van der Waals surface area contributed by atoms with E-state index in [4.69, 9.17) is 0 Å². The number of carbonyl (C=O) groups is 3. The van der Waals surface area contributed by atoms with Crippen LogP contribution in [-0.4, -0.2) is 39.1 Å². The van der Waals surface area contributed by atoms with E-state index in [9.17, 15) is 14.4 Å². The van der Waals surface area contributed by atoms with Crippen molar-refractivity contribution in [3.63, 3.8) is 0 Å². The molecule has 0 aliphatic carbocycles. The molecule has 31 heavy (non-hydrogen) atoms. The van der Waals surface area contributed by atoms with Crippen LogP contribution in [0.5, 0.6) is 0 Å². The van der Waals surface area contributed by atoms with Gasteiger partial charge in [0.1, 0.15) is 11.2 Å². The number of rotatable bonds is 6. The fourth-order valence-corrected chi connectivity index (χ4v) is 4.08. The number of anilines is 1. The zero-order chi connectivity index (χ0) is 22.0. The van der Waals surface area contributed by atoms with Gasteiger partial charge in [0.15, 0.2) is 0 Å². The van der Waals surface area contributed by atoms with Crippen molar-refractivity contribution in [2.24, 2.45) is 0 Å². The first-order valence-corrected chi connectivity index (χ1v) is 10.7. The number of hydrogen-bond donors (Lipinski definition) is 2. The van der Waals surface area contributed by atoms with E-state index in [0.29, 0.717) is 16.3 Å². The number of hydrogen-bond acceptors (Lipinski definition) is 6. The number of benzene rings is 2. The number of fused-ring (bicyclic) bond motifs is 1. The molecular formula is C22H21N5O3S. The zero-order valence-corrected chi connectivity index (χ0v) is 17.8. The van der Waals surface area contributed by atoms with Gasteiger partial charge in [0.05, 0.1) is 11.1 Å². The molecule has 0 spiro atoms. The molecule has 8 nitrogen and oxygen atoms in total. The number of aromatic nitrogens is 2. The Kier molecular flexibility index (Phi) is 5.77. The van der Waals surface area contributed by atoms with Crippen LogP contribution in [-0.2, 0) is 6.42 Å². The Bertz CT molecular complexity index is 1090. The van der Waals surface area contributed by atoms with Gasteiger partial charge in [-0.3, -0.25) is 19.8 Å². The maximum absolute atomic E-state index is 13.0. The van der Waals surface area contributed by atoms with Gasteiger partial charge in [-0.05, 0) is 17.7 Å². The number of nitrogens with zero attached hydrogens (tertiary/aromatic N) is 3. The van der Waals surface area contributed by atoms with Crippen LogP contribution >= 0.6 is 11.3 Å². The maximum atomic E-state index is 13.0. The third kappa shape index (κ3) is 4.31. The minimum Gasteiger partial charge on any atom is -0.317 e. The molecule has 4 rings (SSSR count). The molecule has 1 atom stereocenters. The van der Waals surface area contributed by atoms with Crippen LogP contribution in [0.25, 0.3) is 0 Å². The molecule has 4 amide bonds. The van der Waals surface area contributed by atoms with Crippen LogP contribution in [0.15, 0.2) is 54.6 Å². The van der Waals surface area contributed by atoms with Crippen molar-refractivity contribution in [2.75, 3.05) is 5.32 Å². The highest BCUT2D eigenvalue weighted by Crippen LogP contribution is 2.26. The first-order chi connectivity index (χ1) is 14.9. The molecule has 2 aromatic carbocycles. The zero-order valence-electron chi connectivity index (χ0n) is 17.0. The summed E-state index contributed by atoms with van der Waals surface area (Å²) in [6, 6.07) is 15.4. The van der Waals surface area contributed by atoms with Crippen molar-refractivity contribution in [2.45, 2.75) is 32.4 Å². The molecule has 2 heterocycles. The first kappa shape index (κ1) is 20.7. The van der Waals surface area contributed by atoms with E-state index >= 15 is 0 Å². The second-order valence-electron chi connectivity index (χ2n) is 7.43. The molecule has 1 aromatic heterocycles. The fraction of sp³-hybridized carbons (Fsp3) is 0.227. The van der Waals surface area contributed by atoms with E-state index < -0.39 is 24.0 Å². The largest absolute Gasteiger partial charge is 0.322 e. The number of nitrogens with one attached hydrogen (secondary N) is 2. The molecule has 3 aromatic rings. The predicted octanol–water partition coefficient (Wildman–Crippen LogP) is 3.65. The minimum atomic E-state index is -0.868. The number of urea groups is 1. The lowest BCUT2D eigenvalue weighted by Gasteiger charge is -2.27. The van der Waals surface area contributed by atoms with Crippen molar-refractivity contribution in [1.82, 2.24) is 20.4 Å². The van der Waals surface area contributed by atoms with Crippen LogP contribution in [0.3, 0.4) is 0 Å². The Morgan fingerprint density at radius 2 is 1.58 bits per heavy atom. The van der Waals surface area contributed by atoms with Gasteiger partial charge in [0, 0.05) is 12.3 Å². The van der Waals surface area contributed by atoms with Gasteiger partial charge in [-0.25, -0.2) is 4.79 Å². The van der Waals surface area contributed by atoms with Gasteiger partial charge < -0.3 is 5.32 Å². The van der Waals surface area contributed by atoms with Gasteiger partial charge in [0.2, 0.25) is 5.13 Å². The number of carbonyl (C=O) groups excluding carboxylic acids is 3. The second kappa shape index (κ2) is 8.65. The van der Waals surface area contributed by atoms with Crippen LogP contribution in [0.1, 0.15) is 51.1 Å². The van der Waals surface area contributed by atoms with Crippen molar-refractivity contribution >= 4 is 34.3 Å². The van der Waals surface area contributed by atoms with Crippen molar-refractivity contribution in [1.29, 1.82) is 0 Å². The van der Waals surface area contributed by atoms with E-state index in [1.807, 2.05) is 44.2 Å². The summed E-state index contributed by atoms with van der Waals surface area (Å²) in [5, 5.41) is 14.6. The van der Waals surface area contributed by atoms with Crippen LogP contribution in [0.2, 0.25) is 0 Å². The Morgan fingerprint density at radius 1 is 0.968 bits per heavy atom. The van der Waals surface area contributed by atoms with Crippen molar-refractivity contribution < 1.29 is 14.4 Å². The quantitative estimate of drug-likeness (QED) is 0.575. The lowest BCUT2D eigenvalue weighted by molar-refractivity contribution is 0.0565. The normalized spacial score (nSPS) is 14.0. The van der Waals surface area contributed by atoms with Gasteiger partial charge in [-0.15, -0.1) is 10.2 Å². The average Bonchev–Trinajstić information content (AvgIpc) is 3.32. The highest BCUT2D eigenvalue weighted by Gasteiger charge is 2.40. The Balaban J connectivity index is 1.57. The second-order valence-corrected chi connectivity index (χ2v) is 8.44. The highest BCUT2D eigenvalue weighted by atomic mass is 32.1. The molecule has 158 valence electrons. The lowest BCUT2D eigenvalue weighted by Crippen LogP contribution is -2.53. The molecule has 1 aliphatic heterocycles. The number of imide groups is 1. The van der Waals surface area contributed by atoms with E-state index in [-0.39, 0.29) is 12.3 Å². The van der Waals surface area contributed by atoms with E-state index in [0.717, 1.165) is 15.5 Å².